The van der Waals surface area contributed by atoms with Crippen molar-refractivity contribution in [2.24, 2.45) is 5.92 Å². The molecule has 204 valence electrons. The lowest BCUT2D eigenvalue weighted by molar-refractivity contribution is -0.141. The monoisotopic (exact) mass is 549 g/mol. The van der Waals surface area contributed by atoms with Gasteiger partial charge in [-0.25, -0.2) is 8.42 Å². The summed E-state index contributed by atoms with van der Waals surface area (Å²) in [5, 5.41) is 3.54. The zero-order chi connectivity index (χ0) is 27.8. The smallest absolute Gasteiger partial charge is 0.242 e. The number of benzene rings is 2. The Hall–Kier alpha value is -2.58. The van der Waals surface area contributed by atoms with Gasteiger partial charge >= 0.3 is 0 Å². The van der Waals surface area contributed by atoms with E-state index in [0.29, 0.717) is 30.1 Å². The molecule has 0 saturated heterocycles. The van der Waals surface area contributed by atoms with Gasteiger partial charge in [-0.2, -0.15) is 0 Å². The lowest BCUT2D eigenvalue weighted by atomic mass is 10.1. The van der Waals surface area contributed by atoms with E-state index in [1.165, 1.54) is 10.6 Å². The van der Waals surface area contributed by atoms with E-state index >= 15 is 0 Å². The van der Waals surface area contributed by atoms with Crippen LogP contribution in [-0.4, -0.2) is 50.5 Å². The zero-order valence-electron chi connectivity index (χ0n) is 22.8. The second-order valence-electron chi connectivity index (χ2n) is 9.94. The molecule has 0 radical (unpaired) electrons. The van der Waals surface area contributed by atoms with Gasteiger partial charge in [-0.15, -0.1) is 0 Å². The molecule has 0 fully saturated rings. The second-order valence-corrected chi connectivity index (χ2v) is 12.3. The molecule has 1 atom stereocenters. The van der Waals surface area contributed by atoms with E-state index < -0.39 is 16.1 Å². The van der Waals surface area contributed by atoms with E-state index in [2.05, 4.69) is 5.32 Å². The van der Waals surface area contributed by atoms with Gasteiger partial charge in [0.2, 0.25) is 21.8 Å². The normalized spacial score (nSPS) is 12.3. The number of carbonyl (C=O) groups excluding carboxylic acids is 2. The van der Waals surface area contributed by atoms with E-state index in [9.17, 15) is 18.0 Å². The minimum Gasteiger partial charge on any atom is -0.354 e. The van der Waals surface area contributed by atoms with Crippen LogP contribution in [0.4, 0.5) is 5.69 Å². The Balaban J connectivity index is 2.23. The summed E-state index contributed by atoms with van der Waals surface area (Å²) in [6.45, 7) is 10.6. The van der Waals surface area contributed by atoms with Gasteiger partial charge in [-0.05, 0) is 67.5 Å². The summed E-state index contributed by atoms with van der Waals surface area (Å²) in [5.41, 5.74) is 3.28. The van der Waals surface area contributed by atoms with Crippen LogP contribution in [0.15, 0.2) is 42.5 Å². The molecule has 2 aromatic carbocycles. The number of carbonyl (C=O) groups is 2. The molecule has 2 aromatic rings. The van der Waals surface area contributed by atoms with Gasteiger partial charge in [0.05, 0.1) is 11.9 Å². The highest BCUT2D eigenvalue weighted by Crippen LogP contribution is 2.25. The van der Waals surface area contributed by atoms with Crippen LogP contribution in [0.2, 0.25) is 5.02 Å². The number of nitrogens with zero attached hydrogens (tertiary/aromatic N) is 2. The van der Waals surface area contributed by atoms with Crippen LogP contribution in [0.3, 0.4) is 0 Å². The third-order valence-corrected chi connectivity index (χ3v) is 7.55. The third-order valence-electron chi connectivity index (χ3n) is 6.12. The maximum atomic E-state index is 13.5. The van der Waals surface area contributed by atoms with Crippen molar-refractivity contribution >= 4 is 39.1 Å². The van der Waals surface area contributed by atoms with Crippen molar-refractivity contribution < 1.29 is 18.0 Å². The minimum absolute atomic E-state index is 0.110. The average molecular weight is 550 g/mol. The fraction of sp³-hybridized carbons (Fsp3) is 0.500. The highest BCUT2D eigenvalue weighted by molar-refractivity contribution is 7.92. The van der Waals surface area contributed by atoms with Crippen LogP contribution in [-0.2, 0) is 26.2 Å². The third kappa shape index (κ3) is 9.34. The fourth-order valence-electron chi connectivity index (χ4n) is 4.10. The number of sulfonamides is 1. The Labute approximate surface area is 227 Å². The number of aryl methyl sites for hydroxylation is 2. The molecule has 1 unspecified atom stereocenters. The number of hydrogen-bond donors (Lipinski definition) is 1. The molecule has 0 aliphatic rings. The van der Waals surface area contributed by atoms with Crippen molar-refractivity contribution in [3.05, 3.63) is 64.2 Å². The first-order chi connectivity index (χ1) is 17.3. The first kappa shape index (κ1) is 30.6. The topological polar surface area (TPSA) is 86.8 Å². The maximum Gasteiger partial charge on any atom is 0.242 e. The van der Waals surface area contributed by atoms with Crippen LogP contribution < -0.4 is 9.62 Å². The summed E-state index contributed by atoms with van der Waals surface area (Å²) in [6.07, 6.45) is 2.07. The zero-order valence-corrected chi connectivity index (χ0v) is 24.3. The number of nitrogens with one attached hydrogen (secondary N) is 1. The average Bonchev–Trinajstić information content (AvgIpc) is 2.82. The molecular weight excluding hydrogens is 510 g/mol. The molecule has 2 rings (SSSR count). The lowest BCUT2D eigenvalue weighted by Crippen LogP contribution is -2.49. The first-order valence-electron chi connectivity index (χ1n) is 12.7. The number of amides is 2. The van der Waals surface area contributed by atoms with E-state index in [4.69, 9.17) is 11.6 Å². The number of hydrogen-bond acceptors (Lipinski definition) is 4. The summed E-state index contributed by atoms with van der Waals surface area (Å²) in [5.74, 6) is -0.100. The van der Waals surface area contributed by atoms with Gasteiger partial charge in [0.15, 0.2) is 0 Å². The van der Waals surface area contributed by atoms with Gasteiger partial charge in [0.25, 0.3) is 0 Å². The molecular formula is C28H40ClN3O4S. The molecule has 2 amide bonds. The Morgan fingerprint density at radius 3 is 2.27 bits per heavy atom. The van der Waals surface area contributed by atoms with Crippen molar-refractivity contribution in [2.45, 2.75) is 66.5 Å². The molecule has 7 nitrogen and oxygen atoms in total. The largest absolute Gasteiger partial charge is 0.354 e. The van der Waals surface area contributed by atoms with Crippen LogP contribution in [0.5, 0.6) is 0 Å². The van der Waals surface area contributed by atoms with Crippen molar-refractivity contribution in [3.8, 4) is 0 Å². The molecule has 0 aliphatic heterocycles. The summed E-state index contributed by atoms with van der Waals surface area (Å²) in [4.78, 5) is 28.1. The predicted molar refractivity (Wildman–Crippen MR) is 151 cm³/mol. The second kappa shape index (κ2) is 13.8. The molecule has 0 bridgehead atoms. The predicted octanol–water partition coefficient (Wildman–Crippen LogP) is 5.08. The van der Waals surface area contributed by atoms with Crippen LogP contribution in [0, 0.1) is 19.8 Å². The summed E-state index contributed by atoms with van der Waals surface area (Å²) >= 11 is 6.03. The molecule has 0 aliphatic carbocycles. The highest BCUT2D eigenvalue weighted by atomic mass is 35.5. The molecule has 0 spiro atoms. The van der Waals surface area contributed by atoms with E-state index in [0.717, 1.165) is 16.7 Å². The van der Waals surface area contributed by atoms with E-state index in [-0.39, 0.29) is 37.2 Å². The minimum atomic E-state index is -3.55. The van der Waals surface area contributed by atoms with Crippen LogP contribution in [0.1, 0.15) is 56.7 Å². The Morgan fingerprint density at radius 2 is 1.70 bits per heavy atom. The van der Waals surface area contributed by atoms with Gasteiger partial charge in [-0.1, -0.05) is 56.6 Å². The van der Waals surface area contributed by atoms with Gasteiger partial charge in [0, 0.05) is 31.1 Å². The van der Waals surface area contributed by atoms with Gasteiger partial charge in [0.1, 0.15) is 6.04 Å². The number of halogens is 1. The van der Waals surface area contributed by atoms with Crippen molar-refractivity contribution in [1.82, 2.24) is 10.2 Å². The standard InChI is InChI=1S/C28H40ClN3O4S/c1-7-25(28(34)30-18-20(2)3)31(19-23-12-14-24(29)15-13-23)27(33)9-8-16-32(37(6,35)36)26-17-21(4)10-11-22(26)5/h10-15,17,20,25H,7-9,16,18-19H2,1-6H3,(H,30,34). The summed E-state index contributed by atoms with van der Waals surface area (Å²) in [7, 11) is -3.55. The maximum absolute atomic E-state index is 13.5. The molecule has 1 N–H and O–H groups in total. The molecule has 0 heterocycles. The SMILES string of the molecule is CCC(C(=O)NCC(C)C)N(Cc1ccc(Cl)cc1)C(=O)CCCN(c1cc(C)ccc1C)S(C)(=O)=O. The molecule has 0 saturated carbocycles. The Kier molecular flexibility index (Phi) is 11.4. The molecule has 0 aromatic heterocycles. The Bertz CT molecular complexity index is 1170. The number of rotatable bonds is 13. The Morgan fingerprint density at radius 1 is 1.05 bits per heavy atom. The van der Waals surface area contributed by atoms with Crippen LogP contribution in [0.25, 0.3) is 0 Å². The van der Waals surface area contributed by atoms with Gasteiger partial charge < -0.3 is 10.2 Å². The number of anilines is 1. The van der Waals surface area contributed by atoms with Crippen molar-refractivity contribution in [2.75, 3.05) is 23.7 Å². The lowest BCUT2D eigenvalue weighted by Gasteiger charge is -2.31. The van der Waals surface area contributed by atoms with Gasteiger partial charge in [-0.3, -0.25) is 13.9 Å². The highest BCUT2D eigenvalue weighted by Gasteiger charge is 2.29. The molecule has 9 heteroatoms. The first-order valence-corrected chi connectivity index (χ1v) is 14.9. The van der Waals surface area contributed by atoms with E-state index in [1.807, 2.05) is 65.0 Å². The quantitative estimate of drug-likeness (QED) is 0.377. The summed E-state index contributed by atoms with van der Waals surface area (Å²) < 4.78 is 26.6. The fourth-order valence-corrected chi connectivity index (χ4v) is 5.24. The van der Waals surface area contributed by atoms with Crippen molar-refractivity contribution in [1.29, 1.82) is 0 Å². The van der Waals surface area contributed by atoms with Crippen molar-refractivity contribution in [3.63, 3.8) is 0 Å². The van der Waals surface area contributed by atoms with Crippen LogP contribution >= 0.6 is 11.6 Å². The van der Waals surface area contributed by atoms with E-state index in [1.54, 1.807) is 17.0 Å². The molecule has 37 heavy (non-hydrogen) atoms. The summed E-state index contributed by atoms with van der Waals surface area (Å²) in [6, 6.07) is 12.2.